The van der Waals surface area contributed by atoms with Crippen molar-refractivity contribution in [2.75, 3.05) is 0 Å². The van der Waals surface area contributed by atoms with Gasteiger partial charge in [-0.25, -0.2) is 4.79 Å². The molecule has 1 radical (unpaired) electrons. The molecule has 14 heavy (non-hydrogen) atoms. The van der Waals surface area contributed by atoms with E-state index >= 15 is 0 Å². The predicted octanol–water partition coefficient (Wildman–Crippen LogP) is 2.74. The minimum Gasteiger partial charge on any atom is -0.477 e. The zero-order chi connectivity index (χ0) is 10.3. The highest BCUT2D eigenvalue weighted by molar-refractivity contribution is 9.10. The van der Waals surface area contributed by atoms with Crippen LogP contribution in [0.2, 0.25) is 0 Å². The van der Waals surface area contributed by atoms with E-state index in [9.17, 15) is 4.79 Å². The van der Waals surface area contributed by atoms with Gasteiger partial charge in [0.05, 0.1) is 5.52 Å². The fourth-order valence-electron chi connectivity index (χ4n) is 1.35. The van der Waals surface area contributed by atoms with Crippen LogP contribution in [0.5, 0.6) is 0 Å². The Morgan fingerprint density at radius 1 is 1.57 bits per heavy atom. The number of halogens is 1. The number of hydrogen-bond donors (Lipinski definition) is 2. The van der Waals surface area contributed by atoms with Crippen molar-refractivity contribution in [3.63, 3.8) is 0 Å². The molecule has 2 rings (SSSR count). The number of nitrogens with one attached hydrogen (secondary N) is 1. The fraction of sp³-hybridized carbons (Fsp3) is 0.100. The molecular formula is C10H7BrNO2. The molecule has 2 N–H and O–H groups in total. The highest BCUT2D eigenvalue weighted by Gasteiger charge is 2.11. The van der Waals surface area contributed by atoms with Crippen molar-refractivity contribution in [2.24, 2.45) is 0 Å². The summed E-state index contributed by atoms with van der Waals surface area (Å²) in [7, 11) is 0. The summed E-state index contributed by atoms with van der Waals surface area (Å²) in [6.45, 7) is 1.92. The molecule has 0 aliphatic carbocycles. The molecule has 0 unspecified atom stereocenters. The molecular weight excluding hydrogens is 246 g/mol. The van der Waals surface area contributed by atoms with Gasteiger partial charge >= 0.3 is 5.97 Å². The highest BCUT2D eigenvalue weighted by atomic mass is 79.9. The number of aromatic nitrogens is 1. The minimum atomic E-state index is -0.993. The lowest BCUT2D eigenvalue weighted by Gasteiger charge is -1.96. The van der Waals surface area contributed by atoms with Crippen LogP contribution in [0.4, 0.5) is 0 Å². The van der Waals surface area contributed by atoms with Crippen molar-refractivity contribution in [2.45, 2.75) is 6.92 Å². The first kappa shape index (κ1) is 9.27. The molecule has 71 valence electrons. The lowest BCUT2D eigenvalue weighted by Crippen LogP contribution is -1.95. The molecule has 2 aromatic rings. The van der Waals surface area contributed by atoms with Gasteiger partial charge in [-0.2, -0.15) is 0 Å². The van der Waals surface area contributed by atoms with Crippen LogP contribution in [0.1, 0.15) is 16.1 Å². The summed E-state index contributed by atoms with van der Waals surface area (Å²) in [5.41, 5.74) is 1.92. The number of rotatable bonds is 1. The first-order chi connectivity index (χ1) is 6.59. The van der Waals surface area contributed by atoms with Gasteiger partial charge in [-0.3, -0.25) is 0 Å². The molecule has 0 spiro atoms. The number of aromatic amines is 1. The Balaban J connectivity index is 2.82. The first-order valence-corrected chi connectivity index (χ1v) is 4.82. The van der Waals surface area contributed by atoms with Crippen molar-refractivity contribution in [3.8, 4) is 0 Å². The van der Waals surface area contributed by atoms with Crippen molar-refractivity contribution < 1.29 is 9.90 Å². The molecule has 0 aliphatic heterocycles. The van der Waals surface area contributed by atoms with E-state index < -0.39 is 5.97 Å². The van der Waals surface area contributed by atoms with E-state index in [1.54, 1.807) is 0 Å². The fourth-order valence-corrected chi connectivity index (χ4v) is 1.78. The van der Waals surface area contributed by atoms with Crippen molar-refractivity contribution in [1.29, 1.82) is 0 Å². The van der Waals surface area contributed by atoms with Crippen LogP contribution in [0.3, 0.4) is 0 Å². The maximum Gasteiger partial charge on any atom is 0.352 e. The summed E-state index contributed by atoms with van der Waals surface area (Å²) in [4.78, 5) is 13.5. The molecule has 0 saturated heterocycles. The normalized spacial score (nSPS) is 10.7. The zero-order valence-corrected chi connectivity index (χ0v) is 8.97. The third-order valence-electron chi connectivity index (χ3n) is 2.08. The average Bonchev–Trinajstić information content (AvgIpc) is 2.57. The Morgan fingerprint density at radius 2 is 2.29 bits per heavy atom. The van der Waals surface area contributed by atoms with E-state index in [4.69, 9.17) is 5.11 Å². The number of carboxylic acids is 1. The molecule has 0 aliphatic rings. The largest absolute Gasteiger partial charge is 0.477 e. The molecule has 1 aromatic heterocycles. The molecule has 0 fully saturated rings. The summed E-state index contributed by atoms with van der Waals surface area (Å²) < 4.78 is 0.849. The van der Waals surface area contributed by atoms with Gasteiger partial charge < -0.3 is 10.1 Å². The van der Waals surface area contributed by atoms with Gasteiger partial charge in [0, 0.05) is 15.9 Å². The Hall–Kier alpha value is -1.29. The third kappa shape index (κ3) is 1.32. The Bertz CT molecular complexity index is 477. The van der Waals surface area contributed by atoms with Gasteiger partial charge in [0.25, 0.3) is 0 Å². The molecule has 4 heteroatoms. The minimum absolute atomic E-state index is 0.0926. The average molecular weight is 253 g/mol. The number of fused-ring (bicyclic) bond motifs is 1. The van der Waals surface area contributed by atoms with Crippen molar-refractivity contribution in [1.82, 2.24) is 4.98 Å². The Labute approximate surface area is 88.9 Å². The monoisotopic (exact) mass is 252 g/mol. The Morgan fingerprint density at radius 3 is 2.86 bits per heavy atom. The van der Waals surface area contributed by atoms with E-state index in [-0.39, 0.29) is 5.69 Å². The zero-order valence-electron chi connectivity index (χ0n) is 7.39. The van der Waals surface area contributed by atoms with Gasteiger partial charge in [-0.05, 0) is 18.6 Å². The second-order valence-corrected chi connectivity index (χ2v) is 3.90. The number of hydrogen-bond acceptors (Lipinski definition) is 1. The van der Waals surface area contributed by atoms with Crippen LogP contribution in [-0.2, 0) is 0 Å². The smallest absolute Gasteiger partial charge is 0.352 e. The van der Waals surface area contributed by atoms with E-state index in [0.717, 1.165) is 20.9 Å². The van der Waals surface area contributed by atoms with Crippen LogP contribution in [0.15, 0.2) is 16.6 Å². The van der Waals surface area contributed by atoms with Gasteiger partial charge in [-0.1, -0.05) is 22.0 Å². The van der Waals surface area contributed by atoms with Gasteiger partial charge in [0.15, 0.2) is 0 Å². The van der Waals surface area contributed by atoms with Gasteiger partial charge in [0.1, 0.15) is 5.69 Å². The predicted molar refractivity (Wildman–Crippen MR) is 56.5 cm³/mol. The number of aromatic carboxylic acids is 1. The van der Waals surface area contributed by atoms with Crippen LogP contribution in [0, 0.1) is 13.0 Å². The number of aryl methyl sites for hydroxylation is 1. The number of carboxylic acid groups (broad SMARTS) is 1. The van der Waals surface area contributed by atoms with Crippen LogP contribution < -0.4 is 0 Å². The van der Waals surface area contributed by atoms with Crippen molar-refractivity contribution in [3.05, 3.63) is 33.9 Å². The summed E-state index contributed by atoms with van der Waals surface area (Å²) in [6.07, 6.45) is 0. The lowest BCUT2D eigenvalue weighted by atomic mass is 10.2. The standard InChI is InChI=1S/C10H7BrNO2/c1-5-2-3-7(11)6-4-8(10(13)14)12-9(5)6/h2-3,12H,1H3,(H,13,14). The summed E-state index contributed by atoms with van der Waals surface area (Å²) in [5, 5.41) is 9.57. The molecule has 0 bridgehead atoms. The van der Waals surface area contributed by atoms with E-state index in [1.807, 2.05) is 19.1 Å². The topological polar surface area (TPSA) is 53.1 Å². The lowest BCUT2D eigenvalue weighted by molar-refractivity contribution is 0.0691. The number of carbonyl (C=O) groups is 1. The third-order valence-corrected chi connectivity index (χ3v) is 2.74. The van der Waals surface area contributed by atoms with E-state index in [1.165, 1.54) is 0 Å². The van der Waals surface area contributed by atoms with Crippen LogP contribution in [-0.4, -0.2) is 16.1 Å². The van der Waals surface area contributed by atoms with Gasteiger partial charge in [0.2, 0.25) is 0 Å². The second-order valence-electron chi connectivity index (χ2n) is 3.04. The molecule has 0 atom stereocenters. The molecule has 0 saturated carbocycles. The maximum absolute atomic E-state index is 10.7. The maximum atomic E-state index is 10.7. The summed E-state index contributed by atoms with van der Waals surface area (Å²) in [6, 6.07) is 6.60. The molecule has 1 heterocycles. The number of H-pyrrole nitrogens is 1. The first-order valence-electron chi connectivity index (χ1n) is 4.03. The van der Waals surface area contributed by atoms with Gasteiger partial charge in [-0.15, -0.1) is 0 Å². The summed E-state index contributed by atoms with van der Waals surface area (Å²) in [5.74, 6) is -0.993. The van der Waals surface area contributed by atoms with Crippen LogP contribution >= 0.6 is 15.9 Å². The Kier molecular flexibility index (Phi) is 2.07. The molecule has 1 aromatic carbocycles. The van der Waals surface area contributed by atoms with E-state index in [0.29, 0.717) is 0 Å². The highest BCUT2D eigenvalue weighted by Crippen LogP contribution is 2.26. The van der Waals surface area contributed by atoms with Crippen LogP contribution in [0.25, 0.3) is 10.9 Å². The SMILES string of the molecule is Cc1ccc(Br)c2[c]c(C(=O)O)[nH]c12. The number of benzene rings is 1. The molecule has 0 amide bonds. The summed E-state index contributed by atoms with van der Waals surface area (Å²) >= 11 is 3.35. The van der Waals surface area contributed by atoms with E-state index in [2.05, 4.69) is 27.0 Å². The quantitative estimate of drug-likeness (QED) is 0.820. The second kappa shape index (κ2) is 3.13. The molecule has 3 nitrogen and oxygen atoms in total. The van der Waals surface area contributed by atoms with Crippen molar-refractivity contribution >= 4 is 32.8 Å².